The first-order valence-electron chi connectivity index (χ1n) is 5.23. The second-order valence-electron chi connectivity index (χ2n) is 3.49. The predicted octanol–water partition coefficient (Wildman–Crippen LogP) is 2.98. The van der Waals surface area contributed by atoms with E-state index in [1.165, 1.54) is 11.3 Å². The number of hydrogen-bond donors (Lipinski definition) is 2. The molecular weight excluding hydrogens is 320 g/mol. The van der Waals surface area contributed by atoms with Crippen LogP contribution in [0.25, 0.3) is 0 Å². The molecule has 102 valence electrons. The topological polar surface area (TPSA) is 98.9 Å². The van der Waals surface area contributed by atoms with Crippen LogP contribution in [0.15, 0.2) is 22.5 Å². The minimum Gasteiger partial charge on any atom is -0.481 e. The van der Waals surface area contributed by atoms with Crippen molar-refractivity contribution in [3.8, 4) is 6.07 Å². The summed E-state index contributed by atoms with van der Waals surface area (Å²) >= 11 is 8.27. The molecule has 1 aromatic carbocycles. The Hall–Kier alpha value is -1.82. The molecule has 0 radical (unpaired) electrons. The predicted molar refractivity (Wildman–Crippen MR) is 77.7 cm³/mol. The van der Waals surface area contributed by atoms with Crippen LogP contribution in [0, 0.1) is 11.3 Å². The molecule has 9 heteroatoms. The van der Waals surface area contributed by atoms with Crippen LogP contribution in [0.2, 0.25) is 5.02 Å². The van der Waals surface area contributed by atoms with Gasteiger partial charge < -0.3 is 10.4 Å². The lowest BCUT2D eigenvalue weighted by Gasteiger charge is -2.02. The van der Waals surface area contributed by atoms with Crippen molar-refractivity contribution in [2.45, 2.75) is 4.34 Å². The molecule has 0 atom stereocenters. The van der Waals surface area contributed by atoms with Crippen LogP contribution in [0.1, 0.15) is 5.56 Å². The number of nitriles is 1. The van der Waals surface area contributed by atoms with E-state index < -0.39 is 5.97 Å². The number of hydrogen-bond acceptors (Lipinski definition) is 7. The summed E-state index contributed by atoms with van der Waals surface area (Å²) in [5.74, 6) is -0.962. The smallest absolute Gasteiger partial charge is 0.313 e. The van der Waals surface area contributed by atoms with Crippen molar-refractivity contribution in [1.82, 2.24) is 10.2 Å². The largest absolute Gasteiger partial charge is 0.481 e. The molecule has 0 spiro atoms. The zero-order valence-corrected chi connectivity index (χ0v) is 12.2. The number of nitrogens with one attached hydrogen (secondary N) is 1. The highest BCUT2D eigenvalue weighted by molar-refractivity contribution is 8.01. The Balaban J connectivity index is 2.05. The third kappa shape index (κ3) is 3.84. The number of carboxylic acids is 1. The summed E-state index contributed by atoms with van der Waals surface area (Å²) in [6, 6.07) is 6.90. The van der Waals surface area contributed by atoms with Crippen molar-refractivity contribution in [2.24, 2.45) is 0 Å². The van der Waals surface area contributed by atoms with Crippen molar-refractivity contribution in [3.05, 3.63) is 28.8 Å². The average molecular weight is 327 g/mol. The molecule has 0 bridgehead atoms. The van der Waals surface area contributed by atoms with Gasteiger partial charge >= 0.3 is 5.97 Å². The summed E-state index contributed by atoms with van der Waals surface area (Å²) < 4.78 is 0.564. The first kappa shape index (κ1) is 14.6. The van der Waals surface area contributed by atoms with Crippen LogP contribution in [0.5, 0.6) is 0 Å². The van der Waals surface area contributed by atoms with E-state index in [-0.39, 0.29) is 5.75 Å². The van der Waals surface area contributed by atoms with Crippen LogP contribution in [-0.4, -0.2) is 27.0 Å². The number of halogens is 1. The number of rotatable bonds is 5. The molecule has 0 fully saturated rings. The molecule has 0 aliphatic rings. The molecular formula is C11H7ClN4O2S2. The van der Waals surface area contributed by atoms with E-state index in [4.69, 9.17) is 22.0 Å². The van der Waals surface area contributed by atoms with Gasteiger partial charge in [0.15, 0.2) is 4.34 Å². The number of thioether (sulfide) groups is 1. The Morgan fingerprint density at radius 1 is 1.55 bits per heavy atom. The SMILES string of the molecule is N#Cc1ccc(Nc2nnc(SCC(=O)O)s2)cc1Cl. The highest BCUT2D eigenvalue weighted by Gasteiger charge is 2.08. The first-order valence-corrected chi connectivity index (χ1v) is 7.41. The van der Waals surface area contributed by atoms with E-state index in [1.54, 1.807) is 18.2 Å². The van der Waals surface area contributed by atoms with Gasteiger partial charge in [-0.3, -0.25) is 4.79 Å². The molecule has 1 heterocycles. The van der Waals surface area contributed by atoms with Gasteiger partial charge in [-0.2, -0.15) is 5.26 Å². The molecule has 0 saturated carbocycles. The lowest BCUT2D eigenvalue weighted by Crippen LogP contribution is -1.96. The summed E-state index contributed by atoms with van der Waals surface area (Å²) in [6.07, 6.45) is 0. The second kappa shape index (κ2) is 6.56. The number of carboxylic acid groups (broad SMARTS) is 1. The number of anilines is 2. The van der Waals surface area contributed by atoms with E-state index in [2.05, 4.69) is 15.5 Å². The van der Waals surface area contributed by atoms with Gasteiger partial charge in [0.05, 0.1) is 16.3 Å². The highest BCUT2D eigenvalue weighted by Crippen LogP contribution is 2.29. The molecule has 0 aliphatic carbocycles. The van der Waals surface area contributed by atoms with E-state index in [0.29, 0.717) is 25.7 Å². The zero-order valence-electron chi connectivity index (χ0n) is 9.83. The molecule has 2 rings (SSSR count). The summed E-state index contributed by atoms with van der Waals surface area (Å²) in [5, 5.41) is 29.0. The van der Waals surface area contributed by atoms with Gasteiger partial charge in [-0.1, -0.05) is 34.7 Å². The molecule has 2 N–H and O–H groups in total. The number of benzene rings is 1. The fourth-order valence-electron chi connectivity index (χ4n) is 1.25. The van der Waals surface area contributed by atoms with Crippen LogP contribution >= 0.6 is 34.7 Å². The van der Waals surface area contributed by atoms with Crippen LogP contribution in [-0.2, 0) is 4.79 Å². The third-order valence-electron chi connectivity index (χ3n) is 2.07. The van der Waals surface area contributed by atoms with Gasteiger partial charge in [-0.25, -0.2) is 0 Å². The average Bonchev–Trinajstić information content (AvgIpc) is 2.84. The lowest BCUT2D eigenvalue weighted by atomic mass is 10.2. The lowest BCUT2D eigenvalue weighted by molar-refractivity contribution is -0.133. The summed E-state index contributed by atoms with van der Waals surface area (Å²) in [5.41, 5.74) is 1.08. The van der Waals surface area contributed by atoms with Gasteiger partial charge in [-0.05, 0) is 18.2 Å². The zero-order chi connectivity index (χ0) is 14.5. The van der Waals surface area contributed by atoms with E-state index in [1.807, 2.05) is 6.07 Å². The number of nitrogens with zero attached hydrogens (tertiary/aromatic N) is 3. The van der Waals surface area contributed by atoms with Gasteiger partial charge in [0.25, 0.3) is 0 Å². The molecule has 6 nitrogen and oxygen atoms in total. The Morgan fingerprint density at radius 2 is 2.35 bits per heavy atom. The monoisotopic (exact) mass is 326 g/mol. The summed E-state index contributed by atoms with van der Waals surface area (Å²) in [6.45, 7) is 0. The van der Waals surface area contributed by atoms with Crippen molar-refractivity contribution >= 4 is 51.5 Å². The van der Waals surface area contributed by atoms with Gasteiger partial charge in [-0.15, -0.1) is 10.2 Å². The molecule has 0 aliphatic heterocycles. The molecule has 0 unspecified atom stereocenters. The number of carbonyl (C=O) groups is 1. The quantitative estimate of drug-likeness (QED) is 0.815. The van der Waals surface area contributed by atoms with Crippen molar-refractivity contribution < 1.29 is 9.90 Å². The fraction of sp³-hybridized carbons (Fsp3) is 0.0909. The highest BCUT2D eigenvalue weighted by atomic mass is 35.5. The minimum atomic E-state index is -0.904. The molecule has 0 amide bonds. The number of aliphatic carboxylic acids is 1. The standard InChI is InChI=1S/C11H7ClN4O2S2/c12-8-3-7(2-1-6(8)4-13)14-10-15-16-11(20-10)19-5-9(17)18/h1-3H,5H2,(H,14,15)(H,17,18). The minimum absolute atomic E-state index is 0.0582. The fourth-order valence-corrected chi connectivity index (χ4v) is 2.96. The van der Waals surface area contributed by atoms with E-state index >= 15 is 0 Å². The third-order valence-corrected chi connectivity index (χ3v) is 4.34. The van der Waals surface area contributed by atoms with Gasteiger partial charge in [0, 0.05) is 5.69 Å². The van der Waals surface area contributed by atoms with Crippen LogP contribution < -0.4 is 5.32 Å². The van der Waals surface area contributed by atoms with Gasteiger partial charge in [0.2, 0.25) is 5.13 Å². The van der Waals surface area contributed by atoms with E-state index in [9.17, 15) is 4.79 Å². The Bertz CT molecular complexity index is 683. The summed E-state index contributed by atoms with van der Waals surface area (Å²) in [4.78, 5) is 10.4. The van der Waals surface area contributed by atoms with E-state index in [0.717, 1.165) is 11.8 Å². The maximum atomic E-state index is 10.4. The molecule has 0 saturated heterocycles. The summed E-state index contributed by atoms with van der Waals surface area (Å²) in [7, 11) is 0. The second-order valence-corrected chi connectivity index (χ2v) is 6.09. The van der Waals surface area contributed by atoms with Crippen LogP contribution in [0.4, 0.5) is 10.8 Å². The Kier molecular flexibility index (Phi) is 4.79. The maximum Gasteiger partial charge on any atom is 0.313 e. The maximum absolute atomic E-state index is 10.4. The van der Waals surface area contributed by atoms with Gasteiger partial charge in [0.1, 0.15) is 6.07 Å². The Morgan fingerprint density at radius 3 is 3.00 bits per heavy atom. The van der Waals surface area contributed by atoms with Crippen molar-refractivity contribution in [2.75, 3.05) is 11.1 Å². The number of aromatic nitrogens is 2. The first-order chi connectivity index (χ1) is 9.58. The van der Waals surface area contributed by atoms with Crippen molar-refractivity contribution in [1.29, 1.82) is 5.26 Å². The normalized spacial score (nSPS) is 10.0. The molecule has 2 aromatic rings. The molecule has 1 aromatic heterocycles. The van der Waals surface area contributed by atoms with Crippen molar-refractivity contribution in [3.63, 3.8) is 0 Å². The molecule has 20 heavy (non-hydrogen) atoms. The Labute approximate surface area is 127 Å². The van der Waals surface area contributed by atoms with Crippen LogP contribution in [0.3, 0.4) is 0 Å².